The summed E-state index contributed by atoms with van der Waals surface area (Å²) in [4.78, 5) is 41.2. The Morgan fingerprint density at radius 3 is 2.53 bits per heavy atom. The van der Waals surface area contributed by atoms with Crippen molar-refractivity contribution in [2.75, 3.05) is 44.2 Å². The van der Waals surface area contributed by atoms with Crippen molar-refractivity contribution < 1.29 is 14.3 Å². The number of H-pyrrole nitrogens is 1. The minimum atomic E-state index is -0.966. The number of rotatable bonds is 9. The van der Waals surface area contributed by atoms with Crippen LogP contribution in [0.2, 0.25) is 0 Å². The molecule has 3 fully saturated rings. The van der Waals surface area contributed by atoms with E-state index in [1.54, 1.807) is 0 Å². The first-order valence-corrected chi connectivity index (χ1v) is 16.7. The van der Waals surface area contributed by atoms with E-state index < -0.39 is 5.60 Å². The lowest BCUT2D eigenvalue weighted by molar-refractivity contribution is -0.146. The third-order valence-electron chi connectivity index (χ3n) is 9.56. The van der Waals surface area contributed by atoms with Gasteiger partial charge in [0, 0.05) is 87.0 Å². The van der Waals surface area contributed by atoms with Gasteiger partial charge in [0.05, 0.1) is 5.92 Å². The first-order chi connectivity index (χ1) is 22.3. The summed E-state index contributed by atoms with van der Waals surface area (Å²) in [6.45, 7) is 8.91. The summed E-state index contributed by atoms with van der Waals surface area (Å²) in [5.74, 6) is 0.885. The van der Waals surface area contributed by atoms with Crippen LogP contribution < -0.4 is 15.0 Å². The number of nitrogens with one attached hydrogen (secondary N) is 2. The topological polar surface area (TPSA) is 93.8 Å². The van der Waals surface area contributed by atoms with Gasteiger partial charge in [0.15, 0.2) is 5.60 Å². The molecule has 9 nitrogen and oxygen atoms in total. The summed E-state index contributed by atoms with van der Waals surface area (Å²) in [5, 5.41) is 4.39. The second-order valence-corrected chi connectivity index (χ2v) is 13.5. The van der Waals surface area contributed by atoms with Gasteiger partial charge < -0.3 is 29.7 Å². The maximum absolute atomic E-state index is 14.0. The number of amides is 2. The van der Waals surface area contributed by atoms with Crippen LogP contribution in [0.25, 0.3) is 22.2 Å². The van der Waals surface area contributed by atoms with E-state index in [2.05, 4.69) is 61.5 Å². The first kappa shape index (κ1) is 32.8. The quantitative estimate of drug-likeness (QED) is 0.242. The predicted octanol–water partition coefficient (Wildman–Crippen LogP) is 5.65. The monoisotopic (exact) mass is 656 g/mol. The molecule has 4 heterocycles. The van der Waals surface area contributed by atoms with Crippen molar-refractivity contribution in [2.24, 2.45) is 5.92 Å². The van der Waals surface area contributed by atoms with E-state index in [-0.39, 0.29) is 30.1 Å². The Labute approximate surface area is 283 Å². The highest BCUT2D eigenvalue weighted by Gasteiger charge is 2.38. The number of carbonyl (C=O) groups is 2. The Balaban J connectivity index is 0.00000386. The number of ether oxygens (including phenoxy) is 1. The van der Waals surface area contributed by atoms with Gasteiger partial charge in [0.2, 0.25) is 5.91 Å². The van der Waals surface area contributed by atoms with Crippen LogP contribution in [0.15, 0.2) is 73.1 Å². The van der Waals surface area contributed by atoms with Crippen LogP contribution in [-0.4, -0.2) is 82.5 Å². The molecule has 2 aliphatic heterocycles. The fourth-order valence-electron chi connectivity index (χ4n) is 6.85. The van der Waals surface area contributed by atoms with Crippen LogP contribution in [0.3, 0.4) is 0 Å². The maximum atomic E-state index is 14.0. The van der Waals surface area contributed by atoms with Crippen molar-refractivity contribution in [1.29, 1.82) is 0 Å². The molecule has 0 bridgehead atoms. The van der Waals surface area contributed by atoms with E-state index in [9.17, 15) is 9.59 Å². The molecule has 1 aliphatic carbocycles. The fourth-order valence-corrected chi connectivity index (χ4v) is 6.85. The lowest BCUT2D eigenvalue weighted by Crippen LogP contribution is -2.54. The standard InChI is InChI=1S/C37H44N6O3.ClH/c1-37(2,36(45)41-19-16-38-17-20-41)46-33-7-3-6-32(22-33)42-18-4-5-29(25-42)35(44)43(31-12-13-31)24-26-8-10-27(11-9-26)30-21-28-14-15-39-34(28)40-23-30;/h3,6-11,14-15,21-23,29,31,38H,4-5,12-13,16-20,24-25H2,1-2H3,(H,39,40);1H/t29-;/m1./s1. The van der Waals surface area contributed by atoms with Gasteiger partial charge >= 0.3 is 0 Å². The van der Waals surface area contributed by atoms with Crippen molar-refractivity contribution >= 4 is 40.9 Å². The zero-order chi connectivity index (χ0) is 31.7. The number of aromatic amines is 1. The average Bonchev–Trinajstić information content (AvgIpc) is 3.83. The Hall–Kier alpha value is -4.08. The highest BCUT2D eigenvalue weighted by molar-refractivity contribution is 5.86. The number of hydrogen-bond acceptors (Lipinski definition) is 6. The molecule has 3 aliphatic rings. The molecule has 248 valence electrons. The molecule has 10 heteroatoms. The number of aromatic nitrogens is 2. The average molecular weight is 657 g/mol. The van der Waals surface area contributed by atoms with Crippen LogP contribution in [-0.2, 0) is 16.1 Å². The molecule has 0 spiro atoms. The van der Waals surface area contributed by atoms with Crippen molar-refractivity contribution in [3.63, 3.8) is 0 Å². The molecule has 2 amide bonds. The molecule has 4 aromatic rings. The number of piperidine rings is 1. The lowest BCUT2D eigenvalue weighted by Gasteiger charge is -2.37. The number of fused-ring (bicyclic) bond motifs is 1. The summed E-state index contributed by atoms with van der Waals surface area (Å²) >= 11 is 0. The minimum Gasteiger partial charge on any atom is -0.478 e. The van der Waals surface area contributed by atoms with Crippen LogP contribution in [0, 0.1) is 5.92 Å². The van der Waals surface area contributed by atoms with Crippen molar-refractivity contribution in [2.45, 2.75) is 57.7 Å². The number of piperazine rings is 1. The van der Waals surface area contributed by atoms with Gasteiger partial charge in [0.25, 0.3) is 5.91 Å². The molecular formula is C37H45ClN6O3. The van der Waals surface area contributed by atoms with E-state index in [1.165, 1.54) is 0 Å². The van der Waals surface area contributed by atoms with Gasteiger partial charge in [-0.3, -0.25) is 9.59 Å². The van der Waals surface area contributed by atoms with E-state index in [1.807, 2.05) is 55.4 Å². The number of halogens is 1. The second-order valence-electron chi connectivity index (χ2n) is 13.5. The molecule has 0 radical (unpaired) electrons. The summed E-state index contributed by atoms with van der Waals surface area (Å²) in [7, 11) is 0. The Morgan fingerprint density at radius 1 is 0.979 bits per heavy atom. The molecule has 1 atom stereocenters. The zero-order valence-electron chi connectivity index (χ0n) is 27.3. The SMILES string of the molecule is CC(C)(Oc1cccc(N2CCC[C@@H](C(=O)N(Cc3ccc(-c4cnc5[nH]ccc5c4)cc3)C3CC3)C2)c1)C(=O)N1CCNCC1.Cl. The van der Waals surface area contributed by atoms with Gasteiger partial charge in [-0.1, -0.05) is 30.3 Å². The summed E-state index contributed by atoms with van der Waals surface area (Å²) in [6, 6.07) is 21.1. The number of anilines is 1. The van der Waals surface area contributed by atoms with Gasteiger partial charge in [-0.25, -0.2) is 4.98 Å². The second kappa shape index (κ2) is 14.0. The third kappa shape index (κ3) is 7.41. The number of carbonyl (C=O) groups excluding carboxylic acids is 2. The fraction of sp³-hybridized carbons (Fsp3) is 0.432. The maximum Gasteiger partial charge on any atom is 0.266 e. The van der Waals surface area contributed by atoms with Gasteiger partial charge in [0.1, 0.15) is 11.4 Å². The zero-order valence-corrected chi connectivity index (χ0v) is 28.1. The first-order valence-electron chi connectivity index (χ1n) is 16.7. The highest BCUT2D eigenvalue weighted by Crippen LogP contribution is 2.34. The number of nitrogens with zero attached hydrogens (tertiary/aromatic N) is 4. The van der Waals surface area contributed by atoms with E-state index in [4.69, 9.17) is 4.74 Å². The van der Waals surface area contributed by atoms with E-state index in [0.717, 1.165) is 78.7 Å². The van der Waals surface area contributed by atoms with Gasteiger partial charge in [-0.2, -0.15) is 0 Å². The summed E-state index contributed by atoms with van der Waals surface area (Å²) in [5.41, 5.74) is 4.31. The Bertz CT molecular complexity index is 1700. The summed E-state index contributed by atoms with van der Waals surface area (Å²) in [6.07, 6.45) is 7.81. The Kier molecular flexibility index (Phi) is 9.75. The largest absolute Gasteiger partial charge is 0.478 e. The predicted molar refractivity (Wildman–Crippen MR) is 188 cm³/mol. The lowest BCUT2D eigenvalue weighted by atomic mass is 9.95. The minimum absolute atomic E-state index is 0. The van der Waals surface area contributed by atoms with Crippen molar-refractivity contribution in [3.8, 4) is 16.9 Å². The third-order valence-corrected chi connectivity index (χ3v) is 9.56. The molecule has 2 aromatic carbocycles. The molecule has 0 unspecified atom stereocenters. The molecule has 47 heavy (non-hydrogen) atoms. The van der Waals surface area contributed by atoms with Crippen LogP contribution >= 0.6 is 12.4 Å². The molecule has 2 aromatic heterocycles. The van der Waals surface area contributed by atoms with Crippen LogP contribution in [0.5, 0.6) is 5.75 Å². The molecular weight excluding hydrogens is 612 g/mol. The molecule has 2 saturated heterocycles. The van der Waals surface area contributed by atoms with Crippen molar-refractivity contribution in [3.05, 3.63) is 78.6 Å². The smallest absolute Gasteiger partial charge is 0.266 e. The summed E-state index contributed by atoms with van der Waals surface area (Å²) < 4.78 is 6.30. The van der Waals surface area contributed by atoms with Crippen LogP contribution in [0.1, 0.15) is 45.1 Å². The van der Waals surface area contributed by atoms with Crippen molar-refractivity contribution in [1.82, 2.24) is 25.1 Å². The number of hydrogen-bond donors (Lipinski definition) is 2. The molecule has 7 rings (SSSR count). The van der Waals surface area contributed by atoms with E-state index >= 15 is 0 Å². The van der Waals surface area contributed by atoms with Crippen LogP contribution in [0.4, 0.5) is 5.69 Å². The van der Waals surface area contributed by atoms with E-state index in [0.29, 0.717) is 38.0 Å². The molecule has 2 N–H and O–H groups in total. The number of benzene rings is 2. The number of pyridine rings is 1. The van der Waals surface area contributed by atoms with Gasteiger partial charge in [-0.15, -0.1) is 12.4 Å². The highest BCUT2D eigenvalue weighted by atomic mass is 35.5. The Morgan fingerprint density at radius 2 is 1.77 bits per heavy atom. The normalized spacial score (nSPS) is 18.5. The molecule has 1 saturated carbocycles. The van der Waals surface area contributed by atoms with Gasteiger partial charge in [-0.05, 0) is 74.9 Å².